The summed E-state index contributed by atoms with van der Waals surface area (Å²) < 4.78 is 5.78. The molecule has 0 aromatic heterocycles. The zero-order valence-electron chi connectivity index (χ0n) is 11.9. The highest BCUT2D eigenvalue weighted by molar-refractivity contribution is 5.03. The fourth-order valence-electron chi connectivity index (χ4n) is 2.77. The van der Waals surface area contributed by atoms with Crippen molar-refractivity contribution in [2.45, 2.75) is 34.6 Å². The second-order valence-electron chi connectivity index (χ2n) is 5.93. The largest absolute Gasteiger partial charge is 0.396 e. The first-order valence-electron chi connectivity index (χ1n) is 6.83. The number of hydrogen-bond donors (Lipinski definition) is 1. The summed E-state index contributed by atoms with van der Waals surface area (Å²) in [7, 11) is 0. The van der Waals surface area contributed by atoms with E-state index in [2.05, 4.69) is 40.7 Å². The molecule has 1 aliphatic heterocycles. The molecule has 5 atom stereocenters. The van der Waals surface area contributed by atoms with E-state index in [1.54, 1.807) is 0 Å². The summed E-state index contributed by atoms with van der Waals surface area (Å²) in [6, 6.07) is 0. The van der Waals surface area contributed by atoms with Crippen LogP contribution in [-0.2, 0) is 4.74 Å². The van der Waals surface area contributed by atoms with Gasteiger partial charge in [0, 0.05) is 6.61 Å². The summed E-state index contributed by atoms with van der Waals surface area (Å²) >= 11 is 0. The van der Waals surface area contributed by atoms with Crippen LogP contribution in [0.5, 0.6) is 0 Å². The van der Waals surface area contributed by atoms with Gasteiger partial charge >= 0.3 is 0 Å². The van der Waals surface area contributed by atoms with Gasteiger partial charge in [-0.2, -0.15) is 0 Å². The first-order valence-corrected chi connectivity index (χ1v) is 6.83. The summed E-state index contributed by atoms with van der Waals surface area (Å²) in [5, 5.41) is 9.30. The number of aliphatic hydroxyl groups excluding tert-OH is 1. The second kappa shape index (κ2) is 6.55. The zero-order chi connectivity index (χ0) is 13.0. The molecule has 1 rings (SSSR count). The molecule has 5 unspecified atom stereocenters. The van der Waals surface area contributed by atoms with Gasteiger partial charge in [0.25, 0.3) is 0 Å². The fourth-order valence-corrected chi connectivity index (χ4v) is 2.77. The van der Waals surface area contributed by atoms with Gasteiger partial charge < -0.3 is 9.84 Å². The molecule has 0 spiro atoms. The maximum atomic E-state index is 9.30. The third kappa shape index (κ3) is 3.82. The molecule has 2 heteroatoms. The van der Waals surface area contributed by atoms with Gasteiger partial charge in [-0.1, -0.05) is 39.3 Å². The normalized spacial score (nSPS) is 37.5. The summed E-state index contributed by atoms with van der Waals surface area (Å²) in [6.45, 7) is 13.0. The van der Waals surface area contributed by atoms with Crippen molar-refractivity contribution in [2.75, 3.05) is 19.8 Å². The number of hydrogen-bond acceptors (Lipinski definition) is 2. The summed E-state index contributed by atoms with van der Waals surface area (Å²) in [5.74, 6) is 2.59. The molecule has 0 bridgehead atoms. The van der Waals surface area contributed by atoms with Crippen LogP contribution in [0, 0.1) is 29.6 Å². The van der Waals surface area contributed by atoms with Gasteiger partial charge in [-0.3, -0.25) is 0 Å². The molecule has 2 nitrogen and oxygen atoms in total. The Morgan fingerprint density at radius 2 is 2.06 bits per heavy atom. The lowest BCUT2D eigenvalue weighted by molar-refractivity contribution is 0.0281. The van der Waals surface area contributed by atoms with Crippen molar-refractivity contribution in [1.82, 2.24) is 0 Å². The van der Waals surface area contributed by atoms with Crippen molar-refractivity contribution >= 4 is 0 Å². The van der Waals surface area contributed by atoms with Gasteiger partial charge in [0.15, 0.2) is 0 Å². The zero-order valence-corrected chi connectivity index (χ0v) is 11.9. The minimum absolute atomic E-state index is 0.271. The molecule has 0 saturated heterocycles. The van der Waals surface area contributed by atoms with Crippen molar-refractivity contribution in [3.8, 4) is 0 Å². The van der Waals surface area contributed by atoms with Crippen molar-refractivity contribution in [3.63, 3.8) is 0 Å². The van der Waals surface area contributed by atoms with E-state index in [1.165, 1.54) is 5.57 Å². The van der Waals surface area contributed by atoms with Crippen LogP contribution in [0.3, 0.4) is 0 Å². The van der Waals surface area contributed by atoms with Gasteiger partial charge in [0.05, 0.1) is 13.2 Å². The van der Waals surface area contributed by atoms with Crippen LogP contribution in [0.15, 0.2) is 11.6 Å². The number of allylic oxidation sites excluding steroid dienone is 1. The maximum absolute atomic E-state index is 9.30. The quantitative estimate of drug-likeness (QED) is 0.768. The Morgan fingerprint density at radius 1 is 1.41 bits per heavy atom. The monoisotopic (exact) mass is 240 g/mol. The molecule has 0 aromatic carbocycles. The van der Waals surface area contributed by atoms with Crippen molar-refractivity contribution < 1.29 is 9.84 Å². The van der Waals surface area contributed by atoms with E-state index in [0.29, 0.717) is 29.6 Å². The van der Waals surface area contributed by atoms with Gasteiger partial charge in [-0.05, 0) is 36.5 Å². The average molecular weight is 240 g/mol. The molecular formula is C15H28O2. The van der Waals surface area contributed by atoms with Gasteiger partial charge in [0.2, 0.25) is 0 Å². The lowest BCUT2D eigenvalue weighted by Gasteiger charge is -2.36. The van der Waals surface area contributed by atoms with Crippen LogP contribution < -0.4 is 0 Å². The van der Waals surface area contributed by atoms with Crippen LogP contribution in [0.1, 0.15) is 34.6 Å². The van der Waals surface area contributed by atoms with Crippen LogP contribution in [0.2, 0.25) is 0 Å². The summed E-state index contributed by atoms with van der Waals surface area (Å²) in [5.41, 5.74) is 1.34. The van der Waals surface area contributed by atoms with Gasteiger partial charge in [0.1, 0.15) is 0 Å². The second-order valence-corrected chi connectivity index (χ2v) is 5.93. The maximum Gasteiger partial charge on any atom is 0.0674 e. The lowest BCUT2D eigenvalue weighted by Crippen LogP contribution is -2.34. The Kier molecular flexibility index (Phi) is 5.68. The number of ether oxygens (including phenoxy) is 1. The molecular weight excluding hydrogens is 212 g/mol. The molecule has 0 aromatic rings. The van der Waals surface area contributed by atoms with Crippen LogP contribution >= 0.6 is 0 Å². The SMILES string of the molecule is C/C1=C/C(C)C(C)C(C(C)C(C)CO)COC1. The molecule has 1 heterocycles. The van der Waals surface area contributed by atoms with Crippen LogP contribution in [-0.4, -0.2) is 24.9 Å². The Bertz CT molecular complexity index is 260. The molecule has 0 fully saturated rings. The van der Waals surface area contributed by atoms with E-state index in [-0.39, 0.29) is 6.61 Å². The first-order chi connectivity index (χ1) is 7.97. The van der Waals surface area contributed by atoms with E-state index >= 15 is 0 Å². The van der Waals surface area contributed by atoms with Gasteiger partial charge in [-0.15, -0.1) is 0 Å². The van der Waals surface area contributed by atoms with Crippen molar-refractivity contribution in [1.29, 1.82) is 0 Å². The van der Waals surface area contributed by atoms with Crippen molar-refractivity contribution in [3.05, 3.63) is 11.6 Å². The van der Waals surface area contributed by atoms with E-state index in [1.807, 2.05) is 0 Å². The molecule has 1 N–H and O–H groups in total. The molecule has 0 aliphatic carbocycles. The molecule has 100 valence electrons. The highest BCUT2D eigenvalue weighted by atomic mass is 16.5. The van der Waals surface area contributed by atoms with E-state index < -0.39 is 0 Å². The molecule has 0 amide bonds. The Morgan fingerprint density at radius 3 is 2.65 bits per heavy atom. The van der Waals surface area contributed by atoms with Crippen LogP contribution in [0.25, 0.3) is 0 Å². The summed E-state index contributed by atoms with van der Waals surface area (Å²) in [6.07, 6.45) is 2.34. The standard InChI is InChI=1S/C15H28O2/c1-10-6-11(2)13(4)15(9-17-8-10)14(5)12(3)7-16/h6,11-16H,7-9H2,1-5H3/b10-6-. The average Bonchev–Trinajstić information content (AvgIpc) is 2.30. The minimum Gasteiger partial charge on any atom is -0.396 e. The molecule has 1 aliphatic rings. The van der Waals surface area contributed by atoms with Gasteiger partial charge in [-0.25, -0.2) is 0 Å². The molecule has 0 saturated carbocycles. The van der Waals surface area contributed by atoms with Crippen LogP contribution in [0.4, 0.5) is 0 Å². The lowest BCUT2D eigenvalue weighted by atomic mass is 9.73. The predicted octanol–water partition coefficient (Wildman–Crippen LogP) is 3.12. The summed E-state index contributed by atoms with van der Waals surface area (Å²) in [4.78, 5) is 0. The highest BCUT2D eigenvalue weighted by Crippen LogP contribution is 2.34. The molecule has 17 heavy (non-hydrogen) atoms. The van der Waals surface area contributed by atoms with Crippen molar-refractivity contribution in [2.24, 2.45) is 29.6 Å². The highest BCUT2D eigenvalue weighted by Gasteiger charge is 2.30. The third-order valence-corrected chi connectivity index (χ3v) is 4.55. The van der Waals surface area contributed by atoms with E-state index in [9.17, 15) is 5.11 Å². The van der Waals surface area contributed by atoms with E-state index in [4.69, 9.17) is 4.74 Å². The number of rotatable bonds is 3. The fraction of sp³-hybridized carbons (Fsp3) is 0.867. The topological polar surface area (TPSA) is 29.5 Å². The predicted molar refractivity (Wildman–Crippen MR) is 71.8 cm³/mol. The Balaban J connectivity index is 2.78. The van der Waals surface area contributed by atoms with E-state index in [0.717, 1.165) is 13.2 Å². The Labute approximate surface area is 106 Å². The third-order valence-electron chi connectivity index (χ3n) is 4.55. The number of aliphatic hydroxyl groups is 1. The first kappa shape index (κ1) is 14.7. The minimum atomic E-state index is 0.271. The molecule has 0 radical (unpaired) electrons. The Hall–Kier alpha value is -0.340. The smallest absolute Gasteiger partial charge is 0.0674 e.